The minimum atomic E-state index is -0.416. The summed E-state index contributed by atoms with van der Waals surface area (Å²) in [5.74, 6) is -0.259. The Morgan fingerprint density at radius 1 is 1.21 bits per heavy atom. The molecule has 0 aliphatic carbocycles. The Hall–Kier alpha value is -1.95. The molecule has 0 spiro atoms. The van der Waals surface area contributed by atoms with E-state index in [9.17, 15) is 9.59 Å². The summed E-state index contributed by atoms with van der Waals surface area (Å²) in [7, 11) is 0. The Morgan fingerprint density at radius 3 is 2.79 bits per heavy atom. The number of carbonyl (C=O) groups excluding carboxylic acids is 2. The van der Waals surface area contributed by atoms with Crippen LogP contribution in [-0.4, -0.2) is 25.0 Å². The normalized spacial score (nSPS) is 13.3. The Kier molecular flexibility index (Phi) is 4.85. The molecule has 124 valence electrons. The average Bonchev–Trinajstić information content (AvgIpc) is 2.55. The number of carbonyl (C=O) groups is 2. The van der Waals surface area contributed by atoms with Crippen LogP contribution in [0.3, 0.4) is 0 Å². The van der Waals surface area contributed by atoms with E-state index >= 15 is 0 Å². The smallest absolute Gasteiger partial charge is 0.265 e. The molecule has 0 radical (unpaired) electrons. The molecule has 0 bridgehead atoms. The van der Waals surface area contributed by atoms with Crippen LogP contribution in [0.5, 0.6) is 5.75 Å². The summed E-state index contributed by atoms with van der Waals surface area (Å²) in [6.45, 7) is -0.335. The van der Waals surface area contributed by atoms with Gasteiger partial charge in [-0.25, -0.2) is 0 Å². The number of nitrogens with zero attached hydrogens (tertiary/aromatic N) is 1. The minimum absolute atomic E-state index is 0.139. The molecule has 1 N–H and O–H groups in total. The molecule has 1 aliphatic rings. The first kappa shape index (κ1) is 16.9. The van der Waals surface area contributed by atoms with Gasteiger partial charge in [0.15, 0.2) is 6.61 Å². The van der Waals surface area contributed by atoms with Crippen LogP contribution in [0.2, 0.25) is 15.1 Å². The standard InChI is InChI=1S/C16H11Cl3N2O3/c17-9-4-5-13-12(6-9)21(15(23)8-24-13)7-14(22)20-11-3-1-2-10(18)16(11)19/h1-6H,7-8H2,(H,20,22). The van der Waals surface area contributed by atoms with Gasteiger partial charge >= 0.3 is 0 Å². The maximum atomic E-state index is 12.3. The fraction of sp³-hybridized carbons (Fsp3) is 0.125. The number of ether oxygens (including phenoxy) is 1. The predicted molar refractivity (Wildman–Crippen MR) is 94.4 cm³/mol. The topological polar surface area (TPSA) is 58.6 Å². The molecule has 24 heavy (non-hydrogen) atoms. The van der Waals surface area contributed by atoms with Crippen molar-refractivity contribution < 1.29 is 14.3 Å². The number of benzene rings is 2. The first-order chi connectivity index (χ1) is 11.5. The number of rotatable bonds is 3. The molecular weight excluding hydrogens is 375 g/mol. The van der Waals surface area contributed by atoms with E-state index in [0.29, 0.717) is 27.2 Å². The van der Waals surface area contributed by atoms with Crippen LogP contribution in [0.1, 0.15) is 0 Å². The third kappa shape index (κ3) is 3.43. The van der Waals surface area contributed by atoms with Gasteiger partial charge in [-0.3, -0.25) is 14.5 Å². The van der Waals surface area contributed by atoms with E-state index < -0.39 is 5.91 Å². The Labute approximate surface area is 153 Å². The predicted octanol–water partition coefficient (Wildman–Crippen LogP) is 4.01. The summed E-state index contributed by atoms with van der Waals surface area (Å²) in [5, 5.41) is 3.65. The maximum Gasteiger partial charge on any atom is 0.265 e. The molecule has 2 aromatic rings. The third-order valence-corrected chi connectivity index (χ3v) is 4.45. The molecule has 3 rings (SSSR count). The van der Waals surface area contributed by atoms with Gasteiger partial charge in [-0.15, -0.1) is 0 Å². The highest BCUT2D eigenvalue weighted by Gasteiger charge is 2.27. The van der Waals surface area contributed by atoms with E-state index in [4.69, 9.17) is 39.5 Å². The second-order valence-corrected chi connectivity index (χ2v) is 6.25. The molecule has 0 saturated heterocycles. The Bertz CT molecular complexity index is 826. The molecule has 0 fully saturated rings. The molecule has 8 heteroatoms. The van der Waals surface area contributed by atoms with E-state index in [1.165, 1.54) is 4.90 Å². The highest BCUT2D eigenvalue weighted by atomic mass is 35.5. The highest BCUT2D eigenvalue weighted by molar-refractivity contribution is 6.44. The summed E-state index contributed by atoms with van der Waals surface area (Å²) in [5.41, 5.74) is 0.826. The van der Waals surface area contributed by atoms with Crippen molar-refractivity contribution in [2.24, 2.45) is 0 Å². The molecule has 2 amide bonds. The number of nitrogens with one attached hydrogen (secondary N) is 1. The first-order valence-corrected chi connectivity index (χ1v) is 8.05. The number of hydrogen-bond donors (Lipinski definition) is 1. The second kappa shape index (κ2) is 6.89. The molecule has 0 atom stereocenters. The number of fused-ring (bicyclic) bond motifs is 1. The van der Waals surface area contributed by atoms with Crippen molar-refractivity contribution in [3.05, 3.63) is 51.5 Å². The van der Waals surface area contributed by atoms with Crippen molar-refractivity contribution in [2.45, 2.75) is 0 Å². The van der Waals surface area contributed by atoms with Gasteiger partial charge < -0.3 is 10.1 Å². The Morgan fingerprint density at radius 2 is 2.00 bits per heavy atom. The van der Waals surface area contributed by atoms with Crippen LogP contribution in [0, 0.1) is 0 Å². The van der Waals surface area contributed by atoms with Gasteiger partial charge in [0.25, 0.3) is 5.91 Å². The number of halogens is 3. The molecule has 1 heterocycles. The highest BCUT2D eigenvalue weighted by Crippen LogP contribution is 2.34. The largest absolute Gasteiger partial charge is 0.482 e. The van der Waals surface area contributed by atoms with Crippen molar-refractivity contribution in [3.8, 4) is 5.75 Å². The SMILES string of the molecule is O=C(CN1C(=O)COc2ccc(Cl)cc21)Nc1cccc(Cl)c1Cl. The summed E-state index contributed by atoms with van der Waals surface area (Å²) >= 11 is 17.9. The molecule has 0 aromatic heterocycles. The fourth-order valence-electron chi connectivity index (χ4n) is 2.28. The van der Waals surface area contributed by atoms with Crippen LogP contribution in [0.4, 0.5) is 11.4 Å². The maximum absolute atomic E-state index is 12.3. The zero-order chi connectivity index (χ0) is 17.3. The van der Waals surface area contributed by atoms with E-state index in [1.807, 2.05) is 0 Å². The summed E-state index contributed by atoms with van der Waals surface area (Å²) in [6.07, 6.45) is 0. The van der Waals surface area contributed by atoms with E-state index in [0.717, 1.165) is 0 Å². The Balaban J connectivity index is 1.80. The average molecular weight is 386 g/mol. The third-order valence-electron chi connectivity index (χ3n) is 3.39. The fourth-order valence-corrected chi connectivity index (χ4v) is 2.80. The summed E-state index contributed by atoms with van der Waals surface area (Å²) < 4.78 is 5.34. The summed E-state index contributed by atoms with van der Waals surface area (Å²) in [4.78, 5) is 25.7. The van der Waals surface area contributed by atoms with Crippen molar-refractivity contribution in [2.75, 3.05) is 23.4 Å². The number of anilines is 2. The van der Waals surface area contributed by atoms with Gasteiger partial charge in [-0.2, -0.15) is 0 Å². The van der Waals surface area contributed by atoms with Gasteiger partial charge in [0.2, 0.25) is 5.91 Å². The lowest BCUT2D eigenvalue weighted by atomic mass is 10.2. The van der Waals surface area contributed by atoms with Crippen molar-refractivity contribution in [1.82, 2.24) is 0 Å². The second-order valence-electron chi connectivity index (χ2n) is 5.03. The van der Waals surface area contributed by atoms with Gasteiger partial charge in [0.05, 0.1) is 21.4 Å². The van der Waals surface area contributed by atoms with E-state index in [-0.39, 0.29) is 24.1 Å². The van der Waals surface area contributed by atoms with Crippen LogP contribution >= 0.6 is 34.8 Å². The first-order valence-electron chi connectivity index (χ1n) is 6.92. The lowest BCUT2D eigenvalue weighted by Gasteiger charge is -2.29. The summed E-state index contributed by atoms with van der Waals surface area (Å²) in [6, 6.07) is 9.79. The molecule has 1 aliphatic heterocycles. The lowest BCUT2D eigenvalue weighted by molar-refractivity contribution is -0.123. The molecule has 0 saturated carbocycles. The molecular formula is C16H11Cl3N2O3. The van der Waals surface area contributed by atoms with Crippen LogP contribution in [0.15, 0.2) is 36.4 Å². The van der Waals surface area contributed by atoms with Gasteiger partial charge in [0, 0.05) is 5.02 Å². The van der Waals surface area contributed by atoms with Crippen molar-refractivity contribution in [3.63, 3.8) is 0 Å². The van der Waals surface area contributed by atoms with Crippen molar-refractivity contribution in [1.29, 1.82) is 0 Å². The monoisotopic (exact) mass is 384 g/mol. The van der Waals surface area contributed by atoms with Crippen LogP contribution in [-0.2, 0) is 9.59 Å². The molecule has 0 unspecified atom stereocenters. The number of hydrogen-bond acceptors (Lipinski definition) is 3. The van der Waals surface area contributed by atoms with Gasteiger partial charge in [-0.1, -0.05) is 40.9 Å². The number of amides is 2. The minimum Gasteiger partial charge on any atom is -0.482 e. The molecule has 5 nitrogen and oxygen atoms in total. The van der Waals surface area contributed by atoms with Crippen molar-refractivity contribution >= 4 is 58.0 Å². The van der Waals surface area contributed by atoms with Crippen LogP contribution in [0.25, 0.3) is 0 Å². The van der Waals surface area contributed by atoms with Gasteiger partial charge in [0.1, 0.15) is 12.3 Å². The molecule has 2 aromatic carbocycles. The lowest BCUT2D eigenvalue weighted by Crippen LogP contribution is -2.43. The van der Waals surface area contributed by atoms with E-state index in [1.54, 1.807) is 36.4 Å². The quantitative estimate of drug-likeness (QED) is 0.868. The zero-order valence-electron chi connectivity index (χ0n) is 12.2. The van der Waals surface area contributed by atoms with Gasteiger partial charge in [-0.05, 0) is 30.3 Å². The zero-order valence-corrected chi connectivity index (χ0v) is 14.5. The van der Waals surface area contributed by atoms with Crippen LogP contribution < -0.4 is 15.0 Å². The van der Waals surface area contributed by atoms with E-state index in [2.05, 4.69) is 5.32 Å².